The predicted molar refractivity (Wildman–Crippen MR) is 82.7 cm³/mol. The molecular weight excluding hydrogens is 270 g/mol. The molecule has 1 aliphatic rings. The molecule has 0 atom stereocenters. The summed E-state index contributed by atoms with van der Waals surface area (Å²) in [5.41, 5.74) is 0. The molecule has 1 saturated heterocycles. The summed E-state index contributed by atoms with van der Waals surface area (Å²) in [7, 11) is 0. The van der Waals surface area contributed by atoms with Crippen LogP contribution in [-0.4, -0.2) is 40.5 Å². The molecule has 0 bridgehead atoms. The molecule has 0 aromatic carbocycles. The number of anilines is 2. The van der Waals surface area contributed by atoms with Gasteiger partial charge in [0, 0.05) is 49.8 Å². The molecule has 0 radical (unpaired) electrons. The number of pyridine rings is 1. The summed E-state index contributed by atoms with van der Waals surface area (Å²) < 4.78 is 4.43. The van der Waals surface area contributed by atoms with E-state index in [2.05, 4.69) is 44.1 Å². The average Bonchev–Trinajstić information content (AvgIpc) is 2.98. The van der Waals surface area contributed by atoms with Crippen LogP contribution in [0.3, 0.4) is 0 Å². The van der Waals surface area contributed by atoms with Crippen molar-refractivity contribution in [1.82, 2.24) is 14.3 Å². The molecular formula is C14H19N5S. The summed E-state index contributed by atoms with van der Waals surface area (Å²) in [6.07, 6.45) is 1.85. The summed E-state index contributed by atoms with van der Waals surface area (Å²) in [5.74, 6) is 2.42. The van der Waals surface area contributed by atoms with Crippen molar-refractivity contribution in [2.45, 2.75) is 19.8 Å². The van der Waals surface area contributed by atoms with Crippen molar-refractivity contribution in [3.05, 3.63) is 30.2 Å². The van der Waals surface area contributed by atoms with Crippen molar-refractivity contribution >= 4 is 22.5 Å². The van der Waals surface area contributed by atoms with Gasteiger partial charge in [-0.15, -0.1) is 0 Å². The maximum Gasteiger partial charge on any atom is 0.205 e. The monoisotopic (exact) mass is 289 g/mol. The molecule has 2 aromatic heterocycles. The minimum absolute atomic E-state index is 0.398. The van der Waals surface area contributed by atoms with Crippen LogP contribution in [0.5, 0.6) is 0 Å². The predicted octanol–water partition coefficient (Wildman–Crippen LogP) is 2.38. The van der Waals surface area contributed by atoms with Crippen molar-refractivity contribution < 1.29 is 0 Å². The van der Waals surface area contributed by atoms with Crippen molar-refractivity contribution in [2.24, 2.45) is 0 Å². The first-order valence-corrected chi connectivity index (χ1v) is 7.76. The number of rotatable bonds is 3. The Bertz CT molecular complexity index is 546. The van der Waals surface area contributed by atoms with Crippen molar-refractivity contribution in [1.29, 1.82) is 0 Å². The van der Waals surface area contributed by atoms with Crippen LogP contribution in [0.4, 0.5) is 10.9 Å². The maximum atomic E-state index is 4.63. The van der Waals surface area contributed by atoms with E-state index in [-0.39, 0.29) is 0 Å². The Morgan fingerprint density at radius 3 is 2.45 bits per heavy atom. The summed E-state index contributed by atoms with van der Waals surface area (Å²) >= 11 is 1.51. The first-order chi connectivity index (χ1) is 9.74. The van der Waals surface area contributed by atoms with E-state index in [1.807, 2.05) is 18.3 Å². The van der Waals surface area contributed by atoms with Gasteiger partial charge in [0.1, 0.15) is 11.6 Å². The van der Waals surface area contributed by atoms with E-state index in [0.717, 1.165) is 43.0 Å². The van der Waals surface area contributed by atoms with E-state index in [9.17, 15) is 0 Å². The van der Waals surface area contributed by atoms with Crippen LogP contribution >= 0.6 is 11.5 Å². The third-order valence-electron chi connectivity index (χ3n) is 3.47. The molecule has 106 valence electrons. The fourth-order valence-electron chi connectivity index (χ4n) is 2.26. The van der Waals surface area contributed by atoms with Crippen molar-refractivity contribution in [2.75, 3.05) is 36.0 Å². The van der Waals surface area contributed by atoms with Crippen molar-refractivity contribution in [3.63, 3.8) is 0 Å². The number of hydrogen-bond acceptors (Lipinski definition) is 6. The Morgan fingerprint density at radius 2 is 1.85 bits per heavy atom. The molecule has 0 unspecified atom stereocenters. The van der Waals surface area contributed by atoms with Gasteiger partial charge in [-0.3, -0.25) is 0 Å². The molecule has 1 aliphatic heterocycles. The van der Waals surface area contributed by atoms with E-state index in [4.69, 9.17) is 0 Å². The summed E-state index contributed by atoms with van der Waals surface area (Å²) in [5, 5.41) is 1.05. The van der Waals surface area contributed by atoms with Gasteiger partial charge in [0.05, 0.1) is 0 Å². The lowest BCUT2D eigenvalue weighted by molar-refractivity contribution is 0.644. The average molecular weight is 289 g/mol. The van der Waals surface area contributed by atoms with Gasteiger partial charge in [-0.1, -0.05) is 19.9 Å². The zero-order chi connectivity index (χ0) is 13.9. The molecule has 3 rings (SSSR count). The molecule has 6 heteroatoms. The topological polar surface area (TPSA) is 45.2 Å². The SMILES string of the molecule is CC(C)c1nsc(N2CCN(c3ccccn3)CC2)n1. The fraction of sp³-hybridized carbons (Fsp3) is 0.500. The Kier molecular flexibility index (Phi) is 3.82. The van der Waals surface area contributed by atoms with Gasteiger partial charge >= 0.3 is 0 Å². The lowest BCUT2D eigenvalue weighted by Crippen LogP contribution is -2.46. The molecule has 2 aromatic rings. The molecule has 20 heavy (non-hydrogen) atoms. The van der Waals surface area contributed by atoms with Crippen LogP contribution in [0, 0.1) is 0 Å². The largest absolute Gasteiger partial charge is 0.353 e. The van der Waals surface area contributed by atoms with Gasteiger partial charge in [0.15, 0.2) is 0 Å². The van der Waals surface area contributed by atoms with Gasteiger partial charge in [-0.25, -0.2) is 9.97 Å². The van der Waals surface area contributed by atoms with E-state index in [1.54, 1.807) is 0 Å². The highest BCUT2D eigenvalue weighted by Crippen LogP contribution is 2.23. The second kappa shape index (κ2) is 5.75. The van der Waals surface area contributed by atoms with Crippen LogP contribution in [-0.2, 0) is 0 Å². The Hall–Kier alpha value is -1.69. The maximum absolute atomic E-state index is 4.63. The number of nitrogens with zero attached hydrogens (tertiary/aromatic N) is 5. The molecule has 0 saturated carbocycles. The number of aromatic nitrogens is 3. The van der Waals surface area contributed by atoms with Crippen LogP contribution in [0.1, 0.15) is 25.6 Å². The van der Waals surface area contributed by atoms with E-state index >= 15 is 0 Å². The summed E-state index contributed by atoms with van der Waals surface area (Å²) in [4.78, 5) is 13.7. The minimum Gasteiger partial charge on any atom is -0.353 e. The van der Waals surface area contributed by atoms with Gasteiger partial charge in [-0.05, 0) is 12.1 Å². The molecule has 0 spiro atoms. The number of piperazine rings is 1. The van der Waals surface area contributed by atoms with E-state index in [0.29, 0.717) is 5.92 Å². The van der Waals surface area contributed by atoms with E-state index in [1.165, 1.54) is 11.5 Å². The van der Waals surface area contributed by atoms with Crippen LogP contribution < -0.4 is 9.80 Å². The first-order valence-electron chi connectivity index (χ1n) is 6.98. The highest BCUT2D eigenvalue weighted by atomic mass is 32.1. The lowest BCUT2D eigenvalue weighted by Gasteiger charge is -2.35. The van der Waals surface area contributed by atoms with Gasteiger partial charge < -0.3 is 9.80 Å². The van der Waals surface area contributed by atoms with Crippen LogP contribution in [0.2, 0.25) is 0 Å². The van der Waals surface area contributed by atoms with Gasteiger partial charge in [-0.2, -0.15) is 4.37 Å². The molecule has 3 heterocycles. The molecule has 1 fully saturated rings. The molecule has 5 nitrogen and oxygen atoms in total. The molecule has 0 aliphatic carbocycles. The van der Waals surface area contributed by atoms with E-state index < -0.39 is 0 Å². The van der Waals surface area contributed by atoms with Crippen LogP contribution in [0.15, 0.2) is 24.4 Å². The lowest BCUT2D eigenvalue weighted by atomic mass is 10.2. The van der Waals surface area contributed by atoms with Gasteiger partial charge in [0.2, 0.25) is 5.13 Å². The quantitative estimate of drug-likeness (QED) is 0.868. The Labute approximate surface area is 123 Å². The zero-order valence-corrected chi connectivity index (χ0v) is 12.7. The third-order valence-corrected chi connectivity index (χ3v) is 4.26. The summed E-state index contributed by atoms with van der Waals surface area (Å²) in [6, 6.07) is 6.06. The smallest absolute Gasteiger partial charge is 0.205 e. The normalized spacial score (nSPS) is 15.9. The second-order valence-electron chi connectivity index (χ2n) is 5.25. The Balaban J connectivity index is 1.63. The Morgan fingerprint density at radius 1 is 1.10 bits per heavy atom. The zero-order valence-electron chi connectivity index (χ0n) is 11.9. The fourth-order valence-corrected chi connectivity index (χ4v) is 3.12. The van der Waals surface area contributed by atoms with Gasteiger partial charge in [0.25, 0.3) is 0 Å². The first kappa shape index (κ1) is 13.3. The third kappa shape index (κ3) is 2.75. The standard InChI is InChI=1S/C14H19N5S/c1-11(2)13-16-14(20-17-13)19-9-7-18(8-10-19)12-5-3-4-6-15-12/h3-6,11H,7-10H2,1-2H3. The summed E-state index contributed by atoms with van der Waals surface area (Å²) in [6.45, 7) is 8.17. The highest BCUT2D eigenvalue weighted by Gasteiger charge is 2.21. The van der Waals surface area contributed by atoms with Crippen molar-refractivity contribution in [3.8, 4) is 0 Å². The highest BCUT2D eigenvalue weighted by molar-refractivity contribution is 7.09. The number of hydrogen-bond donors (Lipinski definition) is 0. The minimum atomic E-state index is 0.398. The second-order valence-corrected chi connectivity index (χ2v) is 5.98. The van der Waals surface area contributed by atoms with Crippen LogP contribution in [0.25, 0.3) is 0 Å². The molecule has 0 N–H and O–H groups in total. The molecule has 0 amide bonds.